The maximum absolute atomic E-state index is 11.2. The largest absolute Gasteiger partial charge is 0.494 e. The Kier molecular flexibility index (Phi) is 3.77. The first-order chi connectivity index (χ1) is 8.29. The lowest BCUT2D eigenvalue weighted by Crippen LogP contribution is -2.04. The second kappa shape index (κ2) is 5.50. The lowest BCUT2D eigenvalue weighted by atomic mass is 10.2. The molecule has 0 aliphatic carbocycles. The number of aromatic nitrogens is 1. The molecule has 0 atom stereocenters. The standard InChI is InChI=1S/C13H16N2O2/c14-7-1-2-8-17-11-5-3-10-4-6-13(16)15-12(10)9-11/h3-6,9H,1-2,7-8,14H2,(H,15,16). The van der Waals surface area contributed by atoms with Gasteiger partial charge in [-0.1, -0.05) is 0 Å². The van der Waals surface area contributed by atoms with E-state index in [1.165, 1.54) is 6.07 Å². The summed E-state index contributed by atoms with van der Waals surface area (Å²) in [6, 6.07) is 9.00. The van der Waals surface area contributed by atoms with Crippen LogP contribution in [-0.2, 0) is 0 Å². The van der Waals surface area contributed by atoms with Crippen molar-refractivity contribution in [2.24, 2.45) is 5.73 Å². The summed E-state index contributed by atoms with van der Waals surface area (Å²) < 4.78 is 5.58. The molecule has 0 saturated heterocycles. The van der Waals surface area contributed by atoms with Crippen molar-refractivity contribution in [3.8, 4) is 5.75 Å². The van der Waals surface area contributed by atoms with E-state index in [0.29, 0.717) is 13.2 Å². The zero-order valence-corrected chi connectivity index (χ0v) is 9.61. The summed E-state index contributed by atoms with van der Waals surface area (Å²) >= 11 is 0. The van der Waals surface area contributed by atoms with Crippen LogP contribution in [0.15, 0.2) is 35.1 Å². The van der Waals surface area contributed by atoms with E-state index >= 15 is 0 Å². The normalized spacial score (nSPS) is 10.6. The number of hydrogen-bond acceptors (Lipinski definition) is 3. The second-order valence-electron chi connectivity index (χ2n) is 3.92. The first-order valence-electron chi connectivity index (χ1n) is 5.75. The Hall–Kier alpha value is -1.81. The van der Waals surface area contributed by atoms with Crippen molar-refractivity contribution < 1.29 is 4.74 Å². The van der Waals surface area contributed by atoms with Crippen LogP contribution in [0.1, 0.15) is 12.8 Å². The van der Waals surface area contributed by atoms with Gasteiger partial charge in [0.05, 0.1) is 12.1 Å². The minimum absolute atomic E-state index is 0.0993. The number of pyridine rings is 1. The lowest BCUT2D eigenvalue weighted by Gasteiger charge is -2.06. The van der Waals surface area contributed by atoms with Crippen LogP contribution in [0, 0.1) is 0 Å². The fraction of sp³-hybridized carbons (Fsp3) is 0.308. The number of ether oxygens (including phenoxy) is 1. The molecule has 0 bridgehead atoms. The Morgan fingerprint density at radius 3 is 2.82 bits per heavy atom. The van der Waals surface area contributed by atoms with Crippen molar-refractivity contribution in [3.05, 3.63) is 40.7 Å². The van der Waals surface area contributed by atoms with E-state index in [-0.39, 0.29) is 5.56 Å². The molecule has 0 aliphatic rings. The highest BCUT2D eigenvalue weighted by atomic mass is 16.5. The Morgan fingerprint density at radius 1 is 1.18 bits per heavy atom. The molecule has 0 spiro atoms. The molecule has 90 valence electrons. The Bertz CT molecular complexity index is 548. The van der Waals surface area contributed by atoms with Crippen molar-refractivity contribution >= 4 is 10.9 Å². The summed E-state index contributed by atoms with van der Waals surface area (Å²) in [7, 11) is 0. The average Bonchev–Trinajstić information content (AvgIpc) is 2.34. The third kappa shape index (κ3) is 3.07. The molecule has 2 rings (SSSR count). The van der Waals surface area contributed by atoms with Crippen molar-refractivity contribution in [2.45, 2.75) is 12.8 Å². The van der Waals surface area contributed by atoms with Crippen LogP contribution in [0.25, 0.3) is 10.9 Å². The third-order valence-electron chi connectivity index (χ3n) is 2.56. The minimum Gasteiger partial charge on any atom is -0.494 e. The van der Waals surface area contributed by atoms with Crippen LogP contribution < -0.4 is 16.0 Å². The molecule has 0 radical (unpaired) electrons. The highest BCUT2D eigenvalue weighted by Gasteiger charge is 1.98. The van der Waals surface area contributed by atoms with E-state index in [1.807, 2.05) is 18.2 Å². The molecule has 1 aromatic carbocycles. The van der Waals surface area contributed by atoms with Crippen LogP contribution in [0.2, 0.25) is 0 Å². The molecule has 0 saturated carbocycles. The Labute approximate surface area is 99.4 Å². The monoisotopic (exact) mass is 232 g/mol. The summed E-state index contributed by atoms with van der Waals surface area (Å²) in [5.41, 5.74) is 6.10. The van der Waals surface area contributed by atoms with E-state index in [4.69, 9.17) is 10.5 Å². The molecule has 1 heterocycles. The molecule has 17 heavy (non-hydrogen) atoms. The number of H-pyrrole nitrogens is 1. The van der Waals surface area contributed by atoms with Gasteiger partial charge in [-0.2, -0.15) is 0 Å². The molecule has 1 aromatic heterocycles. The van der Waals surface area contributed by atoms with E-state index in [2.05, 4.69) is 4.98 Å². The van der Waals surface area contributed by atoms with Gasteiger partial charge in [-0.05, 0) is 43.0 Å². The number of rotatable bonds is 5. The molecule has 0 amide bonds. The fourth-order valence-corrected chi connectivity index (χ4v) is 1.66. The van der Waals surface area contributed by atoms with E-state index in [0.717, 1.165) is 29.5 Å². The van der Waals surface area contributed by atoms with Crippen molar-refractivity contribution in [1.82, 2.24) is 4.98 Å². The van der Waals surface area contributed by atoms with Crippen LogP contribution in [-0.4, -0.2) is 18.1 Å². The summed E-state index contributed by atoms with van der Waals surface area (Å²) in [6.45, 7) is 1.34. The van der Waals surface area contributed by atoms with E-state index in [1.54, 1.807) is 6.07 Å². The topological polar surface area (TPSA) is 68.1 Å². The van der Waals surface area contributed by atoms with Gasteiger partial charge in [0.15, 0.2) is 0 Å². The summed E-state index contributed by atoms with van der Waals surface area (Å²) in [6.07, 6.45) is 1.91. The molecule has 0 unspecified atom stereocenters. The lowest BCUT2D eigenvalue weighted by molar-refractivity contribution is 0.308. The molecule has 4 nitrogen and oxygen atoms in total. The SMILES string of the molecule is NCCCCOc1ccc2ccc(=O)[nH]c2c1. The second-order valence-corrected chi connectivity index (χ2v) is 3.92. The molecular weight excluding hydrogens is 216 g/mol. The van der Waals surface area contributed by atoms with Crippen LogP contribution in [0.4, 0.5) is 0 Å². The van der Waals surface area contributed by atoms with Gasteiger partial charge in [0.2, 0.25) is 5.56 Å². The molecule has 4 heteroatoms. The predicted molar refractivity (Wildman–Crippen MR) is 68.4 cm³/mol. The van der Waals surface area contributed by atoms with E-state index < -0.39 is 0 Å². The number of unbranched alkanes of at least 4 members (excludes halogenated alkanes) is 1. The Balaban J connectivity index is 2.11. The molecular formula is C13H16N2O2. The molecule has 3 N–H and O–H groups in total. The van der Waals surface area contributed by atoms with Gasteiger partial charge < -0.3 is 15.5 Å². The first-order valence-corrected chi connectivity index (χ1v) is 5.75. The van der Waals surface area contributed by atoms with Gasteiger partial charge in [-0.15, -0.1) is 0 Å². The van der Waals surface area contributed by atoms with Gasteiger partial charge in [0.1, 0.15) is 5.75 Å². The zero-order chi connectivity index (χ0) is 12.1. The van der Waals surface area contributed by atoms with Gasteiger partial charge >= 0.3 is 0 Å². The number of nitrogens with one attached hydrogen (secondary N) is 1. The maximum atomic E-state index is 11.2. The Morgan fingerprint density at radius 2 is 2.00 bits per heavy atom. The molecule has 0 fully saturated rings. The number of aromatic amines is 1. The van der Waals surface area contributed by atoms with Gasteiger partial charge in [0.25, 0.3) is 0 Å². The zero-order valence-electron chi connectivity index (χ0n) is 9.61. The fourth-order valence-electron chi connectivity index (χ4n) is 1.66. The minimum atomic E-state index is -0.0993. The van der Waals surface area contributed by atoms with Crippen molar-refractivity contribution in [3.63, 3.8) is 0 Å². The highest BCUT2D eigenvalue weighted by molar-refractivity contribution is 5.79. The average molecular weight is 232 g/mol. The van der Waals surface area contributed by atoms with Crippen LogP contribution >= 0.6 is 0 Å². The first kappa shape index (κ1) is 11.7. The van der Waals surface area contributed by atoms with Gasteiger partial charge in [-0.25, -0.2) is 0 Å². The summed E-state index contributed by atoms with van der Waals surface area (Å²) in [5.74, 6) is 0.774. The number of nitrogens with two attached hydrogens (primary N) is 1. The molecule has 0 aliphatic heterocycles. The van der Waals surface area contributed by atoms with Gasteiger partial charge in [-0.3, -0.25) is 4.79 Å². The number of fused-ring (bicyclic) bond motifs is 1. The number of benzene rings is 1. The number of hydrogen-bond donors (Lipinski definition) is 2. The third-order valence-corrected chi connectivity index (χ3v) is 2.56. The highest BCUT2D eigenvalue weighted by Crippen LogP contribution is 2.18. The smallest absolute Gasteiger partial charge is 0.248 e. The van der Waals surface area contributed by atoms with Gasteiger partial charge in [0, 0.05) is 12.1 Å². The van der Waals surface area contributed by atoms with Crippen molar-refractivity contribution in [1.29, 1.82) is 0 Å². The molecule has 2 aromatic rings. The van der Waals surface area contributed by atoms with E-state index in [9.17, 15) is 4.79 Å². The van der Waals surface area contributed by atoms with Crippen molar-refractivity contribution in [2.75, 3.05) is 13.2 Å². The predicted octanol–water partition coefficient (Wildman–Crippen LogP) is 1.65. The van der Waals surface area contributed by atoms with Crippen LogP contribution in [0.3, 0.4) is 0 Å². The summed E-state index contributed by atoms with van der Waals surface area (Å²) in [5, 5.41) is 0.999. The quantitative estimate of drug-likeness (QED) is 0.770. The maximum Gasteiger partial charge on any atom is 0.248 e. The van der Waals surface area contributed by atoms with Crippen LogP contribution in [0.5, 0.6) is 5.75 Å². The summed E-state index contributed by atoms with van der Waals surface area (Å²) in [4.78, 5) is 14.0.